The molecule has 0 unspecified atom stereocenters. The second-order valence-electron chi connectivity index (χ2n) is 5.33. The minimum absolute atomic E-state index is 0.0902. The number of aromatic hydroxyl groups is 1. The summed E-state index contributed by atoms with van der Waals surface area (Å²) in [6.45, 7) is 2.14. The predicted molar refractivity (Wildman–Crippen MR) is 90.1 cm³/mol. The van der Waals surface area contributed by atoms with Crippen LogP contribution in [0.3, 0.4) is 0 Å². The van der Waals surface area contributed by atoms with E-state index in [0.717, 1.165) is 36.5 Å². The van der Waals surface area contributed by atoms with E-state index in [4.69, 9.17) is 0 Å². The highest BCUT2D eigenvalue weighted by Gasteiger charge is 2.04. The molecule has 0 atom stereocenters. The van der Waals surface area contributed by atoms with E-state index in [-0.39, 0.29) is 11.7 Å². The van der Waals surface area contributed by atoms with Crippen LogP contribution in [-0.2, 0) is 4.79 Å². The normalized spacial score (nSPS) is 11.1. The first-order chi connectivity index (χ1) is 10.7. The van der Waals surface area contributed by atoms with E-state index in [1.807, 2.05) is 30.3 Å². The summed E-state index contributed by atoms with van der Waals surface area (Å²) in [5, 5.41) is 15.9. The van der Waals surface area contributed by atoms with Crippen LogP contribution in [0.1, 0.15) is 44.6 Å². The summed E-state index contributed by atoms with van der Waals surface area (Å²) in [5.74, 6) is 0.0895. The summed E-state index contributed by atoms with van der Waals surface area (Å²) in [4.78, 5) is 11.6. The van der Waals surface area contributed by atoms with Gasteiger partial charge < -0.3 is 5.11 Å². The highest BCUT2D eigenvalue weighted by atomic mass is 16.3. The largest absolute Gasteiger partial charge is 0.507 e. The first-order valence-electron chi connectivity index (χ1n) is 7.75. The molecule has 0 aliphatic carbocycles. The third-order valence-electron chi connectivity index (χ3n) is 3.58. The standard InChI is InChI=1S/C18H22N2O2/c1-2-3-4-5-10-17(21)20-19-13-15-12-11-14-8-6-7-9-16(14)18(15)22/h6-9,11-13,22H,2-5,10H2,1H3,(H,20,21)/b19-13+. The lowest BCUT2D eigenvalue weighted by atomic mass is 10.1. The Labute approximate surface area is 130 Å². The minimum atomic E-state index is -0.0902. The Bertz CT molecular complexity index is 665. The van der Waals surface area contributed by atoms with E-state index >= 15 is 0 Å². The van der Waals surface area contributed by atoms with Crippen LogP contribution in [0.5, 0.6) is 5.75 Å². The van der Waals surface area contributed by atoms with Crippen LogP contribution in [-0.4, -0.2) is 17.2 Å². The van der Waals surface area contributed by atoms with Gasteiger partial charge in [-0.2, -0.15) is 5.10 Å². The number of rotatable bonds is 7. The van der Waals surface area contributed by atoms with Crippen molar-refractivity contribution >= 4 is 22.9 Å². The van der Waals surface area contributed by atoms with Gasteiger partial charge in [-0.3, -0.25) is 4.79 Å². The molecule has 0 aromatic heterocycles. The van der Waals surface area contributed by atoms with Crippen LogP contribution in [0.25, 0.3) is 10.8 Å². The first-order valence-corrected chi connectivity index (χ1v) is 7.75. The molecule has 4 nitrogen and oxygen atoms in total. The number of unbranched alkanes of at least 4 members (excludes halogenated alkanes) is 3. The van der Waals surface area contributed by atoms with Gasteiger partial charge in [0.25, 0.3) is 0 Å². The molecule has 0 saturated heterocycles. The van der Waals surface area contributed by atoms with Crippen molar-refractivity contribution in [3.63, 3.8) is 0 Å². The van der Waals surface area contributed by atoms with Gasteiger partial charge in [-0.1, -0.05) is 56.5 Å². The van der Waals surface area contributed by atoms with E-state index in [9.17, 15) is 9.90 Å². The molecular formula is C18H22N2O2. The monoisotopic (exact) mass is 298 g/mol. The molecule has 116 valence electrons. The lowest BCUT2D eigenvalue weighted by Gasteiger charge is -2.04. The van der Waals surface area contributed by atoms with Crippen molar-refractivity contribution in [1.82, 2.24) is 5.43 Å². The Morgan fingerprint density at radius 3 is 2.82 bits per heavy atom. The number of carbonyl (C=O) groups is 1. The number of hydrogen-bond donors (Lipinski definition) is 2. The SMILES string of the molecule is CCCCCCC(=O)N/N=C/c1ccc2ccccc2c1O. The fraction of sp³-hybridized carbons (Fsp3) is 0.333. The van der Waals surface area contributed by atoms with Crippen molar-refractivity contribution in [2.45, 2.75) is 39.0 Å². The number of nitrogens with zero attached hydrogens (tertiary/aromatic N) is 1. The number of phenolic OH excluding ortho intramolecular Hbond substituents is 1. The van der Waals surface area contributed by atoms with Crippen LogP contribution in [0.2, 0.25) is 0 Å². The molecule has 0 spiro atoms. The Balaban J connectivity index is 1.93. The van der Waals surface area contributed by atoms with Gasteiger partial charge in [-0.05, 0) is 17.9 Å². The lowest BCUT2D eigenvalue weighted by Crippen LogP contribution is -2.16. The third-order valence-corrected chi connectivity index (χ3v) is 3.58. The number of phenols is 1. The van der Waals surface area contributed by atoms with Gasteiger partial charge >= 0.3 is 0 Å². The van der Waals surface area contributed by atoms with E-state index in [2.05, 4.69) is 17.5 Å². The number of nitrogens with one attached hydrogen (secondary N) is 1. The van der Waals surface area contributed by atoms with E-state index < -0.39 is 0 Å². The van der Waals surface area contributed by atoms with Crippen molar-refractivity contribution in [3.05, 3.63) is 42.0 Å². The molecule has 2 rings (SSSR count). The molecule has 0 bridgehead atoms. The van der Waals surface area contributed by atoms with E-state index in [1.54, 1.807) is 6.07 Å². The minimum Gasteiger partial charge on any atom is -0.507 e. The summed E-state index contributed by atoms with van der Waals surface area (Å²) in [7, 11) is 0. The average molecular weight is 298 g/mol. The summed E-state index contributed by atoms with van der Waals surface area (Å²) in [5.41, 5.74) is 3.09. The van der Waals surface area contributed by atoms with Crippen LogP contribution in [0, 0.1) is 0 Å². The van der Waals surface area contributed by atoms with E-state index in [0.29, 0.717) is 12.0 Å². The Kier molecular flexibility index (Phi) is 5.95. The van der Waals surface area contributed by atoms with Crippen molar-refractivity contribution in [1.29, 1.82) is 0 Å². The Morgan fingerprint density at radius 1 is 1.18 bits per heavy atom. The zero-order valence-electron chi connectivity index (χ0n) is 12.9. The van der Waals surface area contributed by atoms with E-state index in [1.165, 1.54) is 6.21 Å². The molecule has 2 N–H and O–H groups in total. The van der Waals surface area contributed by atoms with Crippen LogP contribution >= 0.6 is 0 Å². The second-order valence-corrected chi connectivity index (χ2v) is 5.33. The summed E-state index contributed by atoms with van der Waals surface area (Å²) < 4.78 is 0. The smallest absolute Gasteiger partial charge is 0.240 e. The molecule has 0 radical (unpaired) electrons. The fourth-order valence-corrected chi connectivity index (χ4v) is 2.32. The lowest BCUT2D eigenvalue weighted by molar-refractivity contribution is -0.121. The summed E-state index contributed by atoms with van der Waals surface area (Å²) in [6, 6.07) is 11.3. The van der Waals surface area contributed by atoms with Crippen molar-refractivity contribution in [3.8, 4) is 5.75 Å². The highest BCUT2D eigenvalue weighted by molar-refractivity contribution is 5.97. The number of carbonyl (C=O) groups excluding carboxylic acids is 1. The third kappa shape index (κ3) is 4.32. The topological polar surface area (TPSA) is 61.7 Å². The maximum Gasteiger partial charge on any atom is 0.240 e. The number of amides is 1. The maximum absolute atomic E-state index is 11.6. The first kappa shape index (κ1) is 16.0. The van der Waals surface area contributed by atoms with Gasteiger partial charge in [0.15, 0.2) is 0 Å². The molecule has 2 aromatic carbocycles. The predicted octanol–water partition coefficient (Wildman–Crippen LogP) is 3.97. The van der Waals surface area contributed by atoms with Crippen molar-refractivity contribution < 1.29 is 9.90 Å². The fourth-order valence-electron chi connectivity index (χ4n) is 2.32. The van der Waals surface area contributed by atoms with Gasteiger partial charge in [0.1, 0.15) is 5.75 Å². The second kappa shape index (κ2) is 8.17. The molecule has 4 heteroatoms. The molecular weight excluding hydrogens is 276 g/mol. The molecule has 0 fully saturated rings. The molecule has 0 saturated carbocycles. The maximum atomic E-state index is 11.6. The average Bonchev–Trinajstić information content (AvgIpc) is 2.54. The quantitative estimate of drug-likeness (QED) is 0.461. The molecule has 1 amide bonds. The van der Waals surface area contributed by atoms with Gasteiger partial charge in [0, 0.05) is 17.4 Å². The van der Waals surface area contributed by atoms with Gasteiger partial charge in [0.05, 0.1) is 6.21 Å². The van der Waals surface area contributed by atoms with Crippen LogP contribution in [0.4, 0.5) is 0 Å². The van der Waals surface area contributed by atoms with Gasteiger partial charge in [-0.15, -0.1) is 0 Å². The zero-order valence-corrected chi connectivity index (χ0v) is 12.9. The number of fused-ring (bicyclic) bond motifs is 1. The molecule has 0 heterocycles. The van der Waals surface area contributed by atoms with Gasteiger partial charge in [-0.25, -0.2) is 5.43 Å². The van der Waals surface area contributed by atoms with Crippen molar-refractivity contribution in [2.75, 3.05) is 0 Å². The molecule has 22 heavy (non-hydrogen) atoms. The Hall–Kier alpha value is -2.36. The summed E-state index contributed by atoms with van der Waals surface area (Å²) in [6.07, 6.45) is 6.23. The summed E-state index contributed by atoms with van der Waals surface area (Å²) >= 11 is 0. The van der Waals surface area contributed by atoms with Gasteiger partial charge in [0.2, 0.25) is 5.91 Å². The molecule has 0 aliphatic heterocycles. The van der Waals surface area contributed by atoms with Crippen LogP contribution in [0.15, 0.2) is 41.5 Å². The number of benzene rings is 2. The Morgan fingerprint density at radius 2 is 2.00 bits per heavy atom. The van der Waals surface area contributed by atoms with Crippen molar-refractivity contribution in [2.24, 2.45) is 5.10 Å². The zero-order chi connectivity index (χ0) is 15.8. The molecule has 2 aromatic rings. The number of hydrazone groups is 1. The van der Waals surface area contributed by atoms with Crippen LogP contribution < -0.4 is 5.43 Å². The molecule has 0 aliphatic rings. The number of hydrogen-bond acceptors (Lipinski definition) is 3. The highest BCUT2D eigenvalue weighted by Crippen LogP contribution is 2.27.